The first-order valence-corrected chi connectivity index (χ1v) is 9.21. The van der Waals surface area contributed by atoms with E-state index in [9.17, 15) is 18.0 Å². The van der Waals surface area contributed by atoms with Gasteiger partial charge in [-0.1, -0.05) is 0 Å². The Morgan fingerprint density at radius 2 is 1.79 bits per heavy atom. The van der Waals surface area contributed by atoms with Crippen LogP contribution in [0, 0.1) is 0 Å². The van der Waals surface area contributed by atoms with Crippen LogP contribution in [0.15, 0.2) is 34.9 Å². The number of carbonyl (C=O) groups is 2. The number of benzene rings is 1. The van der Waals surface area contributed by atoms with Crippen LogP contribution in [-0.4, -0.2) is 39.3 Å². The molecule has 1 N–H and O–H groups in total. The SMILES string of the molecule is CCOC(=O)C(=CNc1ccc2c(c1)CCS2(=O)=O)C(=O)OCC. The molecule has 24 heavy (non-hydrogen) atoms. The molecule has 0 spiro atoms. The predicted octanol–water partition coefficient (Wildman–Crippen LogP) is 1.44. The zero-order valence-electron chi connectivity index (χ0n) is 13.5. The van der Waals surface area contributed by atoms with Crippen LogP contribution in [0.3, 0.4) is 0 Å². The Morgan fingerprint density at radius 1 is 1.17 bits per heavy atom. The van der Waals surface area contributed by atoms with Crippen LogP contribution in [0.2, 0.25) is 0 Å². The molecule has 1 heterocycles. The van der Waals surface area contributed by atoms with Gasteiger partial charge < -0.3 is 14.8 Å². The van der Waals surface area contributed by atoms with Gasteiger partial charge in [-0.05, 0) is 44.0 Å². The molecule has 0 aromatic heterocycles. The van der Waals surface area contributed by atoms with E-state index in [0.717, 1.165) is 0 Å². The van der Waals surface area contributed by atoms with Gasteiger partial charge in [-0.15, -0.1) is 0 Å². The minimum atomic E-state index is -3.19. The van der Waals surface area contributed by atoms with Crippen molar-refractivity contribution in [3.63, 3.8) is 0 Å². The second-order valence-corrected chi connectivity index (χ2v) is 7.11. The molecular weight excluding hydrogens is 334 g/mol. The molecule has 0 atom stereocenters. The summed E-state index contributed by atoms with van der Waals surface area (Å²) in [5.74, 6) is -1.47. The topological polar surface area (TPSA) is 98.8 Å². The Labute approximate surface area is 140 Å². The van der Waals surface area contributed by atoms with E-state index >= 15 is 0 Å². The van der Waals surface area contributed by atoms with Gasteiger partial charge in [0, 0.05) is 11.9 Å². The lowest BCUT2D eigenvalue weighted by molar-refractivity contribution is -0.146. The molecule has 0 unspecified atom stereocenters. The summed E-state index contributed by atoms with van der Waals surface area (Å²) in [6, 6.07) is 4.78. The number of ether oxygens (including phenoxy) is 2. The van der Waals surface area contributed by atoms with Crippen LogP contribution in [0.4, 0.5) is 5.69 Å². The second kappa shape index (κ2) is 7.48. The van der Waals surface area contributed by atoms with E-state index in [1.807, 2.05) is 0 Å². The van der Waals surface area contributed by atoms with Gasteiger partial charge >= 0.3 is 11.9 Å². The molecule has 2 rings (SSSR count). The maximum absolute atomic E-state index is 11.8. The summed E-state index contributed by atoms with van der Waals surface area (Å²) < 4.78 is 33.3. The number of anilines is 1. The van der Waals surface area contributed by atoms with Gasteiger partial charge in [0.1, 0.15) is 0 Å². The number of fused-ring (bicyclic) bond motifs is 1. The Hall–Kier alpha value is -2.35. The molecule has 0 bridgehead atoms. The molecule has 8 heteroatoms. The van der Waals surface area contributed by atoms with E-state index in [4.69, 9.17) is 9.47 Å². The fourth-order valence-electron chi connectivity index (χ4n) is 2.30. The van der Waals surface area contributed by atoms with E-state index in [1.54, 1.807) is 26.0 Å². The summed E-state index contributed by atoms with van der Waals surface area (Å²) >= 11 is 0. The van der Waals surface area contributed by atoms with E-state index in [0.29, 0.717) is 22.6 Å². The Kier molecular flexibility index (Phi) is 5.61. The number of esters is 2. The summed E-state index contributed by atoms with van der Waals surface area (Å²) in [6.07, 6.45) is 1.65. The van der Waals surface area contributed by atoms with Crippen molar-refractivity contribution >= 4 is 27.5 Å². The van der Waals surface area contributed by atoms with E-state index in [2.05, 4.69) is 5.32 Å². The van der Waals surface area contributed by atoms with Gasteiger partial charge in [-0.3, -0.25) is 0 Å². The van der Waals surface area contributed by atoms with Crippen LogP contribution in [0.1, 0.15) is 19.4 Å². The molecule has 1 aromatic carbocycles. The molecule has 1 aliphatic heterocycles. The van der Waals surface area contributed by atoms with Gasteiger partial charge in [0.2, 0.25) is 0 Å². The fourth-order valence-corrected chi connectivity index (χ4v) is 3.84. The van der Waals surface area contributed by atoms with Crippen LogP contribution in [-0.2, 0) is 35.3 Å². The molecule has 130 valence electrons. The zero-order chi connectivity index (χ0) is 17.7. The predicted molar refractivity (Wildman–Crippen MR) is 87.2 cm³/mol. The van der Waals surface area contributed by atoms with Gasteiger partial charge in [-0.25, -0.2) is 18.0 Å². The molecular formula is C16H19NO6S. The molecule has 1 aromatic rings. The van der Waals surface area contributed by atoms with Gasteiger partial charge in [0.05, 0.1) is 23.9 Å². The minimum absolute atomic E-state index is 0.0958. The van der Waals surface area contributed by atoms with Crippen LogP contribution >= 0.6 is 0 Å². The largest absolute Gasteiger partial charge is 0.462 e. The van der Waals surface area contributed by atoms with Gasteiger partial charge in [-0.2, -0.15) is 0 Å². The third-order valence-corrected chi connectivity index (χ3v) is 5.22. The summed E-state index contributed by atoms with van der Waals surface area (Å²) in [5.41, 5.74) is 1.02. The lowest BCUT2D eigenvalue weighted by Gasteiger charge is -2.08. The van der Waals surface area contributed by atoms with Crippen LogP contribution < -0.4 is 5.32 Å². The minimum Gasteiger partial charge on any atom is -0.462 e. The summed E-state index contributed by atoms with van der Waals surface area (Å²) in [6.45, 7) is 3.53. The number of carbonyl (C=O) groups excluding carboxylic acids is 2. The molecule has 0 fully saturated rings. The Morgan fingerprint density at radius 3 is 2.38 bits per heavy atom. The van der Waals surface area contributed by atoms with Gasteiger partial charge in [0.15, 0.2) is 15.4 Å². The standard InChI is InChI=1S/C16H19NO6S/c1-3-22-15(18)13(16(19)23-4-2)10-17-12-5-6-14-11(9-12)7-8-24(14,20)21/h5-6,9-10,17H,3-4,7-8H2,1-2H3. The first-order valence-electron chi connectivity index (χ1n) is 7.55. The van der Waals surface area contributed by atoms with E-state index < -0.39 is 21.8 Å². The average Bonchev–Trinajstić information content (AvgIpc) is 2.83. The normalized spacial score (nSPS) is 14.4. The number of nitrogens with one attached hydrogen (secondary N) is 1. The van der Waals surface area contributed by atoms with Crippen molar-refractivity contribution in [2.45, 2.75) is 25.2 Å². The first kappa shape index (κ1) is 18.0. The number of hydrogen-bond donors (Lipinski definition) is 1. The van der Waals surface area contributed by atoms with E-state index in [1.165, 1.54) is 12.3 Å². The molecule has 1 aliphatic rings. The third-order valence-electron chi connectivity index (χ3n) is 3.41. The molecule has 7 nitrogen and oxygen atoms in total. The summed E-state index contributed by atoms with van der Waals surface area (Å²) in [4.78, 5) is 24.0. The number of aryl methyl sites for hydroxylation is 1. The highest BCUT2D eigenvalue weighted by Crippen LogP contribution is 2.28. The summed E-state index contributed by atoms with van der Waals surface area (Å²) in [5, 5.41) is 2.82. The number of rotatable bonds is 6. The Bertz CT molecular complexity index is 762. The third kappa shape index (κ3) is 3.94. The maximum atomic E-state index is 11.8. The molecule has 0 aliphatic carbocycles. The second-order valence-electron chi connectivity index (χ2n) is 5.03. The van der Waals surface area contributed by atoms with Crippen LogP contribution in [0.25, 0.3) is 0 Å². The van der Waals surface area contributed by atoms with E-state index in [-0.39, 0.29) is 24.5 Å². The average molecular weight is 353 g/mol. The quantitative estimate of drug-likeness (QED) is 0.357. The highest BCUT2D eigenvalue weighted by Gasteiger charge is 2.26. The lowest BCUT2D eigenvalue weighted by atomic mass is 10.1. The van der Waals surface area contributed by atoms with Crippen LogP contribution in [0.5, 0.6) is 0 Å². The smallest absolute Gasteiger partial charge is 0.347 e. The van der Waals surface area contributed by atoms with Crippen molar-refractivity contribution in [3.05, 3.63) is 35.5 Å². The van der Waals surface area contributed by atoms with Crippen molar-refractivity contribution in [3.8, 4) is 0 Å². The fraction of sp³-hybridized carbons (Fsp3) is 0.375. The molecule has 0 amide bonds. The van der Waals surface area contributed by atoms with Crippen molar-refractivity contribution < 1.29 is 27.5 Å². The lowest BCUT2D eigenvalue weighted by Crippen LogP contribution is -2.19. The highest BCUT2D eigenvalue weighted by atomic mass is 32.2. The van der Waals surface area contributed by atoms with Crippen molar-refractivity contribution in [2.75, 3.05) is 24.3 Å². The van der Waals surface area contributed by atoms with Gasteiger partial charge in [0.25, 0.3) is 0 Å². The first-order chi connectivity index (χ1) is 11.4. The van der Waals surface area contributed by atoms with Crippen molar-refractivity contribution in [2.24, 2.45) is 0 Å². The molecule has 0 saturated carbocycles. The molecule has 0 saturated heterocycles. The number of sulfone groups is 1. The summed E-state index contributed by atoms with van der Waals surface area (Å²) in [7, 11) is -3.19. The van der Waals surface area contributed by atoms with Crippen molar-refractivity contribution in [1.82, 2.24) is 0 Å². The Balaban J connectivity index is 2.22. The zero-order valence-corrected chi connectivity index (χ0v) is 14.3. The highest BCUT2D eigenvalue weighted by molar-refractivity contribution is 7.91. The van der Waals surface area contributed by atoms with Crippen molar-refractivity contribution in [1.29, 1.82) is 0 Å². The number of hydrogen-bond acceptors (Lipinski definition) is 7. The maximum Gasteiger partial charge on any atom is 0.347 e. The monoisotopic (exact) mass is 353 g/mol. The molecule has 0 radical (unpaired) electrons.